The normalized spacial score (nSPS) is 10.6. The van der Waals surface area contributed by atoms with Crippen LogP contribution in [-0.2, 0) is 6.54 Å². The van der Waals surface area contributed by atoms with Gasteiger partial charge in [-0.15, -0.1) is 0 Å². The van der Waals surface area contributed by atoms with E-state index in [-0.39, 0.29) is 5.91 Å². The van der Waals surface area contributed by atoms with Crippen molar-refractivity contribution in [1.29, 1.82) is 0 Å². The molecule has 0 aliphatic carbocycles. The molecule has 28 heavy (non-hydrogen) atoms. The average Bonchev–Trinajstić information content (AvgIpc) is 3.17. The van der Waals surface area contributed by atoms with Gasteiger partial charge in [0.2, 0.25) is 0 Å². The number of amides is 1. The van der Waals surface area contributed by atoms with Crippen LogP contribution in [0, 0.1) is 0 Å². The number of rotatable bonds is 7. The number of benzene rings is 2. The summed E-state index contributed by atoms with van der Waals surface area (Å²) in [5, 5.41) is 0.772. The Bertz CT molecular complexity index is 957. The molecule has 0 saturated heterocycles. The molecule has 0 unspecified atom stereocenters. The molecule has 7 heteroatoms. The van der Waals surface area contributed by atoms with Crippen molar-refractivity contribution >= 4 is 17.7 Å². The second-order valence-electron chi connectivity index (χ2n) is 6.15. The number of thioether (sulfide) groups is 1. The number of nitrogens with zero attached hydrogens (tertiary/aromatic N) is 3. The Morgan fingerprint density at radius 3 is 2.46 bits per heavy atom. The van der Waals surface area contributed by atoms with Crippen LogP contribution >= 0.6 is 11.8 Å². The van der Waals surface area contributed by atoms with Gasteiger partial charge in [-0.05, 0) is 36.1 Å². The third kappa shape index (κ3) is 3.99. The van der Waals surface area contributed by atoms with E-state index >= 15 is 0 Å². The zero-order chi connectivity index (χ0) is 20.1. The molecular weight excluding hydrogens is 374 g/mol. The molecule has 0 N–H and O–H groups in total. The highest BCUT2D eigenvalue weighted by atomic mass is 32.2. The van der Waals surface area contributed by atoms with Crippen molar-refractivity contribution < 1.29 is 14.3 Å². The maximum Gasteiger partial charge on any atom is 0.272 e. The molecule has 2 aromatic carbocycles. The van der Waals surface area contributed by atoms with Gasteiger partial charge >= 0.3 is 0 Å². The molecule has 0 aliphatic rings. The fraction of sp³-hybridized carbons (Fsp3) is 0.238. The average molecular weight is 398 g/mol. The van der Waals surface area contributed by atoms with Crippen LogP contribution in [0.1, 0.15) is 16.1 Å². The van der Waals surface area contributed by atoms with Crippen molar-refractivity contribution in [2.45, 2.75) is 11.7 Å². The molecule has 0 saturated carbocycles. The molecule has 0 spiro atoms. The summed E-state index contributed by atoms with van der Waals surface area (Å²) < 4.78 is 12.5. The van der Waals surface area contributed by atoms with Crippen LogP contribution in [-0.4, -0.2) is 47.9 Å². The van der Waals surface area contributed by atoms with Gasteiger partial charge < -0.3 is 14.4 Å². The molecule has 0 bridgehead atoms. The zero-order valence-electron chi connectivity index (χ0n) is 16.4. The third-order valence-electron chi connectivity index (χ3n) is 4.36. The number of hydrogen-bond acceptors (Lipinski definition) is 5. The number of para-hydroxylation sites is 1. The number of aromatic nitrogens is 2. The van der Waals surface area contributed by atoms with E-state index in [9.17, 15) is 4.79 Å². The van der Waals surface area contributed by atoms with E-state index in [0.717, 1.165) is 16.4 Å². The number of imidazole rings is 1. The van der Waals surface area contributed by atoms with E-state index in [1.807, 2.05) is 59.4 Å². The molecular formula is C21H23N3O3S. The first-order valence-corrected chi connectivity index (χ1v) is 9.95. The van der Waals surface area contributed by atoms with E-state index in [4.69, 9.17) is 9.47 Å². The van der Waals surface area contributed by atoms with E-state index in [0.29, 0.717) is 23.7 Å². The van der Waals surface area contributed by atoms with Crippen LogP contribution in [0.25, 0.3) is 5.69 Å². The van der Waals surface area contributed by atoms with Crippen LogP contribution in [0.3, 0.4) is 0 Å². The molecule has 1 amide bonds. The molecule has 146 valence electrons. The van der Waals surface area contributed by atoms with Gasteiger partial charge in [0.15, 0.2) is 16.7 Å². The number of methoxy groups -OCH3 is 2. The molecule has 3 aromatic rings. The summed E-state index contributed by atoms with van der Waals surface area (Å²) in [5.41, 5.74) is 2.38. The number of carbonyl (C=O) groups excluding carboxylic acids is 1. The van der Waals surface area contributed by atoms with E-state index in [1.165, 1.54) is 11.8 Å². The molecule has 1 aromatic heterocycles. The first-order chi connectivity index (χ1) is 13.6. The molecule has 6 nitrogen and oxygen atoms in total. The highest BCUT2D eigenvalue weighted by Crippen LogP contribution is 2.28. The lowest BCUT2D eigenvalue weighted by atomic mass is 10.2. The predicted molar refractivity (Wildman–Crippen MR) is 111 cm³/mol. The maximum absolute atomic E-state index is 13.1. The van der Waals surface area contributed by atoms with Crippen molar-refractivity contribution in [3.63, 3.8) is 0 Å². The van der Waals surface area contributed by atoms with E-state index in [2.05, 4.69) is 4.98 Å². The van der Waals surface area contributed by atoms with Crippen LogP contribution in [0.15, 0.2) is 59.9 Å². The van der Waals surface area contributed by atoms with Gasteiger partial charge in [-0.2, -0.15) is 0 Å². The Morgan fingerprint density at radius 2 is 1.82 bits per heavy atom. The fourth-order valence-corrected chi connectivity index (χ4v) is 3.52. The van der Waals surface area contributed by atoms with Gasteiger partial charge in [0, 0.05) is 19.3 Å². The predicted octanol–water partition coefficient (Wildman–Crippen LogP) is 3.88. The first kappa shape index (κ1) is 19.8. The van der Waals surface area contributed by atoms with Gasteiger partial charge in [-0.25, -0.2) is 4.98 Å². The van der Waals surface area contributed by atoms with Crippen LogP contribution < -0.4 is 9.47 Å². The van der Waals surface area contributed by atoms with Gasteiger partial charge in [0.25, 0.3) is 5.91 Å². The van der Waals surface area contributed by atoms with Crippen molar-refractivity contribution in [3.05, 3.63) is 66.0 Å². The summed E-state index contributed by atoms with van der Waals surface area (Å²) in [6.45, 7) is 0.438. The minimum absolute atomic E-state index is 0.105. The largest absolute Gasteiger partial charge is 0.493 e. The quantitative estimate of drug-likeness (QED) is 0.566. The summed E-state index contributed by atoms with van der Waals surface area (Å²) in [4.78, 5) is 19.2. The highest BCUT2D eigenvalue weighted by Gasteiger charge is 2.21. The van der Waals surface area contributed by atoms with Crippen molar-refractivity contribution in [2.24, 2.45) is 0 Å². The Balaban J connectivity index is 1.88. The molecule has 0 aliphatic heterocycles. The lowest BCUT2D eigenvalue weighted by Gasteiger charge is -2.19. The molecule has 0 fully saturated rings. The van der Waals surface area contributed by atoms with Gasteiger partial charge in [0.05, 0.1) is 20.4 Å². The van der Waals surface area contributed by atoms with E-state index < -0.39 is 0 Å². The van der Waals surface area contributed by atoms with Gasteiger partial charge in [0.1, 0.15) is 5.69 Å². The van der Waals surface area contributed by atoms with E-state index in [1.54, 1.807) is 32.4 Å². The minimum Gasteiger partial charge on any atom is -0.493 e. The van der Waals surface area contributed by atoms with Crippen molar-refractivity contribution in [2.75, 3.05) is 27.5 Å². The Kier molecular flexibility index (Phi) is 6.26. The molecule has 0 radical (unpaired) electrons. The molecule has 0 atom stereocenters. The maximum atomic E-state index is 13.1. The Hall–Kier alpha value is -2.93. The molecule has 1 heterocycles. The summed E-state index contributed by atoms with van der Waals surface area (Å²) in [6.07, 6.45) is 3.58. The summed E-state index contributed by atoms with van der Waals surface area (Å²) in [5.74, 6) is 1.19. The number of carbonyl (C=O) groups is 1. The standard InChI is InChI=1S/C21H23N3O3S/c1-23(14-15-10-11-18(26-2)19(12-15)27-3)20(25)17-13-22-21(28-4)24(17)16-8-6-5-7-9-16/h5-13H,14H2,1-4H3. The number of hydrogen-bond donors (Lipinski definition) is 0. The van der Waals surface area contributed by atoms with Crippen LogP contribution in [0.4, 0.5) is 0 Å². The fourth-order valence-electron chi connectivity index (χ4n) is 2.98. The Labute approximate surface area is 169 Å². The van der Waals surface area contributed by atoms with Crippen LogP contribution in [0.5, 0.6) is 11.5 Å². The zero-order valence-corrected chi connectivity index (χ0v) is 17.2. The highest BCUT2D eigenvalue weighted by molar-refractivity contribution is 7.98. The molecule has 3 rings (SSSR count). The summed E-state index contributed by atoms with van der Waals surface area (Å²) >= 11 is 1.50. The minimum atomic E-state index is -0.105. The summed E-state index contributed by atoms with van der Waals surface area (Å²) in [7, 11) is 4.97. The number of ether oxygens (including phenoxy) is 2. The van der Waals surface area contributed by atoms with Crippen molar-refractivity contribution in [1.82, 2.24) is 14.5 Å². The first-order valence-electron chi connectivity index (χ1n) is 8.72. The van der Waals surface area contributed by atoms with Gasteiger partial charge in [-0.1, -0.05) is 36.0 Å². The SMILES string of the molecule is COc1ccc(CN(C)C(=O)c2cnc(SC)n2-c2ccccc2)cc1OC. The smallest absolute Gasteiger partial charge is 0.272 e. The summed E-state index contributed by atoms with van der Waals surface area (Å²) in [6, 6.07) is 15.4. The second-order valence-corrected chi connectivity index (χ2v) is 6.93. The topological polar surface area (TPSA) is 56.6 Å². The second kappa shape index (κ2) is 8.84. The Morgan fingerprint density at radius 1 is 1.11 bits per heavy atom. The van der Waals surface area contributed by atoms with Crippen LogP contribution in [0.2, 0.25) is 0 Å². The van der Waals surface area contributed by atoms with Crippen molar-refractivity contribution in [3.8, 4) is 17.2 Å². The lowest BCUT2D eigenvalue weighted by Crippen LogP contribution is -2.28. The lowest BCUT2D eigenvalue weighted by molar-refractivity contribution is 0.0776. The van der Waals surface area contributed by atoms with Gasteiger partial charge in [-0.3, -0.25) is 9.36 Å². The third-order valence-corrected chi connectivity index (χ3v) is 5.01. The monoisotopic (exact) mass is 397 g/mol.